The van der Waals surface area contributed by atoms with Crippen molar-refractivity contribution in [1.82, 2.24) is 20.2 Å². The standard InChI is InChI=1S/C31H30ClFN4O3/c1-17-2-10-26-19(12-17)5-11-27(36-26)31(40)34-15-18-3-6-20(7-4-18)35-30(39)23-16-37(21-8-9-21)28-14-24(32)25(33)13-22(28)29(23)38/h2,5,10-14,16,18,20-21H,3-4,6-9,15H2,1H3,(H,34,40)(H,35,39). The molecule has 0 radical (unpaired) electrons. The van der Waals surface area contributed by atoms with Crippen LogP contribution in [0.5, 0.6) is 0 Å². The van der Waals surface area contributed by atoms with Crippen LogP contribution in [0.15, 0.2) is 53.5 Å². The third-order valence-electron chi connectivity index (χ3n) is 8.07. The molecule has 0 saturated heterocycles. The van der Waals surface area contributed by atoms with E-state index in [2.05, 4.69) is 15.6 Å². The summed E-state index contributed by atoms with van der Waals surface area (Å²) < 4.78 is 16.1. The molecular weight excluding hydrogens is 531 g/mol. The monoisotopic (exact) mass is 560 g/mol. The Morgan fingerprint density at radius 3 is 2.55 bits per heavy atom. The van der Waals surface area contributed by atoms with Crippen LogP contribution in [0.2, 0.25) is 5.02 Å². The lowest BCUT2D eigenvalue weighted by molar-refractivity contribution is 0.0917. The molecule has 2 saturated carbocycles. The normalized spacial score (nSPS) is 19.1. The van der Waals surface area contributed by atoms with Gasteiger partial charge in [0.15, 0.2) is 0 Å². The van der Waals surface area contributed by atoms with Gasteiger partial charge in [0, 0.05) is 35.6 Å². The number of nitrogens with one attached hydrogen (secondary N) is 2. The van der Waals surface area contributed by atoms with Gasteiger partial charge in [-0.3, -0.25) is 14.4 Å². The molecule has 2 N–H and O–H groups in total. The smallest absolute Gasteiger partial charge is 0.269 e. The predicted octanol–water partition coefficient (Wildman–Crippen LogP) is 5.70. The first kappa shape index (κ1) is 26.4. The number of carbonyl (C=O) groups is 2. The van der Waals surface area contributed by atoms with Crippen LogP contribution in [0.4, 0.5) is 4.39 Å². The highest BCUT2D eigenvalue weighted by atomic mass is 35.5. The molecule has 6 rings (SSSR count). The number of benzene rings is 2. The summed E-state index contributed by atoms with van der Waals surface area (Å²) in [5, 5.41) is 7.15. The van der Waals surface area contributed by atoms with Crippen LogP contribution in [0.3, 0.4) is 0 Å². The number of hydrogen-bond acceptors (Lipinski definition) is 4. The van der Waals surface area contributed by atoms with Crippen molar-refractivity contribution in [3.63, 3.8) is 0 Å². The molecule has 2 aromatic carbocycles. The summed E-state index contributed by atoms with van der Waals surface area (Å²) in [6.45, 7) is 2.56. The van der Waals surface area contributed by atoms with Crippen LogP contribution in [0.25, 0.3) is 21.8 Å². The summed E-state index contributed by atoms with van der Waals surface area (Å²) in [5.74, 6) is -1.02. The van der Waals surface area contributed by atoms with Crippen molar-refractivity contribution in [2.75, 3.05) is 6.54 Å². The maximum absolute atomic E-state index is 14.2. The van der Waals surface area contributed by atoms with Crippen LogP contribution < -0.4 is 16.1 Å². The molecular formula is C31H30ClFN4O3. The second-order valence-corrected chi connectivity index (χ2v) is 11.5. The second-order valence-electron chi connectivity index (χ2n) is 11.1. The van der Waals surface area contributed by atoms with Gasteiger partial charge in [-0.05, 0) is 81.7 Å². The van der Waals surface area contributed by atoms with Gasteiger partial charge in [-0.15, -0.1) is 0 Å². The summed E-state index contributed by atoms with van der Waals surface area (Å²) in [7, 11) is 0. The Morgan fingerprint density at radius 2 is 1.80 bits per heavy atom. The number of rotatable bonds is 6. The molecule has 0 bridgehead atoms. The van der Waals surface area contributed by atoms with Crippen molar-refractivity contribution in [3.05, 3.63) is 86.5 Å². The van der Waals surface area contributed by atoms with E-state index < -0.39 is 17.2 Å². The van der Waals surface area contributed by atoms with Crippen LogP contribution >= 0.6 is 11.6 Å². The minimum Gasteiger partial charge on any atom is -0.350 e. The lowest BCUT2D eigenvalue weighted by Crippen LogP contribution is -2.41. The fraction of sp³-hybridized carbons (Fsp3) is 0.355. The van der Waals surface area contributed by atoms with Crippen molar-refractivity contribution in [3.8, 4) is 0 Å². The average molecular weight is 561 g/mol. The molecule has 40 heavy (non-hydrogen) atoms. The zero-order chi connectivity index (χ0) is 28.0. The lowest BCUT2D eigenvalue weighted by atomic mass is 9.86. The fourth-order valence-corrected chi connectivity index (χ4v) is 5.79. The second kappa shape index (κ2) is 10.7. The van der Waals surface area contributed by atoms with E-state index in [9.17, 15) is 18.8 Å². The first-order chi connectivity index (χ1) is 19.3. The van der Waals surface area contributed by atoms with Gasteiger partial charge in [0.1, 0.15) is 17.1 Å². The van der Waals surface area contributed by atoms with Gasteiger partial charge in [-0.2, -0.15) is 0 Å². The summed E-state index contributed by atoms with van der Waals surface area (Å²) in [4.78, 5) is 43.5. The van der Waals surface area contributed by atoms with E-state index in [1.165, 1.54) is 6.07 Å². The summed E-state index contributed by atoms with van der Waals surface area (Å²) in [6.07, 6.45) is 6.63. The van der Waals surface area contributed by atoms with E-state index >= 15 is 0 Å². The SMILES string of the molecule is Cc1ccc2nc(C(=O)NCC3CCC(NC(=O)c4cn(C5CC5)c5cc(Cl)c(F)cc5c4=O)CC3)ccc2c1. The Kier molecular flexibility index (Phi) is 7.04. The Balaban J connectivity index is 1.06. The molecule has 2 fully saturated rings. The Labute approximate surface area is 235 Å². The maximum atomic E-state index is 14.2. The highest BCUT2D eigenvalue weighted by Gasteiger charge is 2.29. The highest BCUT2D eigenvalue weighted by Crippen LogP contribution is 2.37. The molecule has 2 aliphatic rings. The van der Waals surface area contributed by atoms with E-state index in [1.807, 2.05) is 35.8 Å². The molecule has 0 atom stereocenters. The molecule has 2 heterocycles. The molecule has 206 valence electrons. The fourth-order valence-electron chi connectivity index (χ4n) is 5.63. The number of fused-ring (bicyclic) bond motifs is 2. The van der Waals surface area contributed by atoms with Crippen LogP contribution in [0, 0.1) is 18.7 Å². The summed E-state index contributed by atoms with van der Waals surface area (Å²) >= 11 is 5.98. The average Bonchev–Trinajstić information content (AvgIpc) is 3.79. The first-order valence-corrected chi connectivity index (χ1v) is 14.1. The number of aryl methyl sites for hydroxylation is 1. The number of aromatic nitrogens is 2. The summed E-state index contributed by atoms with van der Waals surface area (Å²) in [6, 6.07) is 12.3. The quantitative estimate of drug-likeness (QED) is 0.316. The van der Waals surface area contributed by atoms with Gasteiger partial charge in [0.25, 0.3) is 11.8 Å². The number of hydrogen-bond donors (Lipinski definition) is 2. The molecule has 2 aromatic heterocycles. The number of carbonyl (C=O) groups excluding carboxylic acids is 2. The Morgan fingerprint density at radius 1 is 1.02 bits per heavy atom. The number of halogens is 2. The van der Waals surface area contributed by atoms with Crippen molar-refractivity contribution in [2.45, 2.75) is 57.5 Å². The van der Waals surface area contributed by atoms with Gasteiger partial charge >= 0.3 is 0 Å². The van der Waals surface area contributed by atoms with Crippen molar-refractivity contribution >= 4 is 45.2 Å². The molecule has 0 unspecified atom stereocenters. The Bertz CT molecular complexity index is 1710. The van der Waals surface area contributed by atoms with E-state index in [-0.39, 0.29) is 34.0 Å². The van der Waals surface area contributed by atoms with Gasteiger partial charge < -0.3 is 15.2 Å². The largest absolute Gasteiger partial charge is 0.350 e. The Hall–Kier alpha value is -3.78. The molecule has 2 aliphatic carbocycles. The van der Waals surface area contributed by atoms with E-state index in [1.54, 1.807) is 12.3 Å². The number of amides is 2. The highest BCUT2D eigenvalue weighted by molar-refractivity contribution is 6.31. The minimum atomic E-state index is -0.678. The zero-order valence-corrected chi connectivity index (χ0v) is 22.9. The molecule has 4 aromatic rings. The number of nitrogens with zero attached hydrogens (tertiary/aromatic N) is 2. The van der Waals surface area contributed by atoms with Crippen molar-refractivity contribution in [2.24, 2.45) is 5.92 Å². The molecule has 9 heteroatoms. The van der Waals surface area contributed by atoms with Gasteiger partial charge in [0.05, 0.1) is 16.1 Å². The minimum absolute atomic E-state index is 0.0218. The lowest BCUT2D eigenvalue weighted by Gasteiger charge is -2.29. The molecule has 0 aliphatic heterocycles. The van der Waals surface area contributed by atoms with E-state index in [0.29, 0.717) is 23.7 Å². The molecule has 2 amide bonds. The summed E-state index contributed by atoms with van der Waals surface area (Å²) in [5.41, 5.74) is 2.41. The zero-order valence-electron chi connectivity index (χ0n) is 22.2. The van der Waals surface area contributed by atoms with Crippen LogP contribution in [0.1, 0.15) is 71.0 Å². The molecule has 0 spiro atoms. The maximum Gasteiger partial charge on any atom is 0.269 e. The van der Waals surface area contributed by atoms with E-state index in [0.717, 1.165) is 61.1 Å². The van der Waals surface area contributed by atoms with E-state index in [4.69, 9.17) is 11.6 Å². The van der Waals surface area contributed by atoms with Crippen LogP contribution in [-0.4, -0.2) is 34.0 Å². The predicted molar refractivity (Wildman–Crippen MR) is 153 cm³/mol. The van der Waals surface area contributed by atoms with Crippen molar-refractivity contribution < 1.29 is 14.0 Å². The van der Waals surface area contributed by atoms with Gasteiger partial charge in [0.2, 0.25) is 5.43 Å². The topological polar surface area (TPSA) is 93.1 Å². The molecule has 7 nitrogen and oxygen atoms in total. The van der Waals surface area contributed by atoms with Crippen molar-refractivity contribution in [1.29, 1.82) is 0 Å². The van der Waals surface area contributed by atoms with Gasteiger partial charge in [-0.1, -0.05) is 29.3 Å². The number of pyridine rings is 2. The third kappa shape index (κ3) is 5.32. The van der Waals surface area contributed by atoms with Crippen LogP contribution in [-0.2, 0) is 0 Å². The third-order valence-corrected chi connectivity index (χ3v) is 8.36. The van der Waals surface area contributed by atoms with Gasteiger partial charge in [-0.25, -0.2) is 9.37 Å². The first-order valence-electron chi connectivity index (χ1n) is 13.8.